The normalized spacial score (nSPS) is 20.9. The molecule has 3 rings (SSSR count). The van der Waals surface area contributed by atoms with Gasteiger partial charge in [0.05, 0.1) is 18.8 Å². The summed E-state index contributed by atoms with van der Waals surface area (Å²) in [4.78, 5) is 28.6. The van der Waals surface area contributed by atoms with Crippen molar-refractivity contribution in [3.05, 3.63) is 11.9 Å². The van der Waals surface area contributed by atoms with Gasteiger partial charge in [0.25, 0.3) is 0 Å². The lowest BCUT2D eigenvalue weighted by Gasteiger charge is -2.33. The molecule has 0 spiro atoms. The van der Waals surface area contributed by atoms with Crippen molar-refractivity contribution in [3.8, 4) is 0 Å². The van der Waals surface area contributed by atoms with Gasteiger partial charge in [0.15, 0.2) is 0 Å². The van der Waals surface area contributed by atoms with Crippen molar-refractivity contribution >= 4 is 12.0 Å². The maximum absolute atomic E-state index is 12.8. The van der Waals surface area contributed by atoms with Gasteiger partial charge in [-0.15, -0.1) is 5.10 Å². The predicted octanol–water partition coefficient (Wildman–Crippen LogP) is 2.24. The second kappa shape index (κ2) is 9.11. The number of hydrogen-bond donors (Lipinski definition) is 0. The van der Waals surface area contributed by atoms with Gasteiger partial charge in [0.1, 0.15) is 11.3 Å². The Labute approximate surface area is 172 Å². The lowest BCUT2D eigenvalue weighted by atomic mass is 9.93. The van der Waals surface area contributed by atoms with E-state index in [-0.39, 0.29) is 18.0 Å². The van der Waals surface area contributed by atoms with E-state index in [9.17, 15) is 9.59 Å². The van der Waals surface area contributed by atoms with Gasteiger partial charge in [-0.3, -0.25) is 4.79 Å². The molecule has 2 aliphatic heterocycles. The molecule has 0 aliphatic carbocycles. The molecule has 3 heterocycles. The molecular formula is C20H33N5O4. The van der Waals surface area contributed by atoms with Crippen molar-refractivity contribution in [1.29, 1.82) is 0 Å². The number of ether oxygens (including phenoxy) is 2. The Balaban J connectivity index is 1.42. The molecule has 162 valence electrons. The fourth-order valence-corrected chi connectivity index (χ4v) is 3.91. The largest absolute Gasteiger partial charge is 0.444 e. The molecule has 0 radical (unpaired) electrons. The molecular weight excluding hydrogens is 374 g/mol. The number of carbonyl (C=O) groups excluding carboxylic acids is 2. The molecule has 2 saturated heterocycles. The van der Waals surface area contributed by atoms with Crippen LogP contribution in [-0.4, -0.2) is 75.7 Å². The van der Waals surface area contributed by atoms with Gasteiger partial charge in [0.2, 0.25) is 5.91 Å². The summed E-state index contributed by atoms with van der Waals surface area (Å²) in [6.45, 7) is 8.78. The number of aromatic nitrogens is 3. The zero-order valence-corrected chi connectivity index (χ0v) is 18.0. The third kappa shape index (κ3) is 5.91. The Morgan fingerprint density at radius 2 is 1.83 bits per heavy atom. The first-order valence-corrected chi connectivity index (χ1v) is 10.4. The van der Waals surface area contributed by atoms with Crippen LogP contribution in [0.1, 0.15) is 58.2 Å². The summed E-state index contributed by atoms with van der Waals surface area (Å²) in [5, 5.41) is 8.28. The molecule has 9 heteroatoms. The van der Waals surface area contributed by atoms with Gasteiger partial charge < -0.3 is 19.3 Å². The van der Waals surface area contributed by atoms with Crippen LogP contribution in [-0.2, 0) is 20.9 Å². The average Bonchev–Trinajstić information content (AvgIpc) is 3.30. The van der Waals surface area contributed by atoms with Crippen molar-refractivity contribution in [3.63, 3.8) is 0 Å². The predicted molar refractivity (Wildman–Crippen MR) is 106 cm³/mol. The topological polar surface area (TPSA) is 89.8 Å². The number of amides is 2. The number of hydrogen-bond acceptors (Lipinski definition) is 6. The van der Waals surface area contributed by atoms with Crippen molar-refractivity contribution in [2.75, 3.05) is 33.3 Å². The highest BCUT2D eigenvalue weighted by atomic mass is 16.6. The fourth-order valence-electron chi connectivity index (χ4n) is 3.91. The molecule has 9 nitrogen and oxygen atoms in total. The van der Waals surface area contributed by atoms with Crippen molar-refractivity contribution < 1.29 is 19.1 Å². The summed E-state index contributed by atoms with van der Waals surface area (Å²) in [6, 6.07) is 0.172. The number of carbonyl (C=O) groups is 2. The van der Waals surface area contributed by atoms with Crippen LogP contribution in [0.2, 0.25) is 0 Å². The Morgan fingerprint density at radius 1 is 1.14 bits per heavy atom. The number of piperidine rings is 1. The van der Waals surface area contributed by atoms with Crippen LogP contribution in [0.15, 0.2) is 6.20 Å². The number of nitrogens with zero attached hydrogens (tertiary/aromatic N) is 5. The van der Waals surface area contributed by atoms with Gasteiger partial charge in [-0.1, -0.05) is 5.21 Å². The Hall–Kier alpha value is -2.16. The summed E-state index contributed by atoms with van der Waals surface area (Å²) in [5.41, 5.74) is 0.318. The van der Waals surface area contributed by atoms with E-state index in [0.717, 1.165) is 31.5 Å². The quantitative estimate of drug-likeness (QED) is 0.744. The first kappa shape index (κ1) is 21.5. The van der Waals surface area contributed by atoms with E-state index in [2.05, 4.69) is 10.3 Å². The van der Waals surface area contributed by atoms with Crippen molar-refractivity contribution in [1.82, 2.24) is 24.8 Å². The standard InChI is InChI=1S/C20H33N5O4/c1-20(2,3)29-19(27)23-8-5-15(6-9-23)11-18(26)24-10-7-17(13-24)25-12-16(14-28-4)21-22-25/h12,15,17H,5-11,13-14H2,1-4H3. The molecule has 1 unspecified atom stereocenters. The van der Waals surface area contributed by atoms with Crippen LogP contribution < -0.4 is 0 Å². The van der Waals surface area contributed by atoms with Crippen LogP contribution in [0.4, 0.5) is 4.79 Å². The Kier molecular flexibility index (Phi) is 6.77. The zero-order valence-electron chi connectivity index (χ0n) is 18.0. The maximum Gasteiger partial charge on any atom is 0.410 e. The molecule has 1 atom stereocenters. The van der Waals surface area contributed by atoms with Crippen LogP contribution in [0.3, 0.4) is 0 Å². The lowest BCUT2D eigenvalue weighted by Crippen LogP contribution is -2.42. The minimum atomic E-state index is -0.482. The number of likely N-dealkylation sites (tertiary alicyclic amines) is 2. The molecule has 1 aromatic rings. The van der Waals surface area contributed by atoms with Crippen molar-refractivity contribution in [2.45, 2.75) is 64.7 Å². The highest BCUT2D eigenvalue weighted by molar-refractivity contribution is 5.76. The molecule has 0 aromatic carbocycles. The van der Waals surface area contributed by atoms with Crippen LogP contribution in [0.25, 0.3) is 0 Å². The second-order valence-electron chi connectivity index (χ2n) is 9.02. The zero-order chi connectivity index (χ0) is 21.0. The smallest absolute Gasteiger partial charge is 0.410 e. The average molecular weight is 408 g/mol. The van der Waals surface area contributed by atoms with Gasteiger partial charge in [-0.05, 0) is 46.0 Å². The summed E-state index contributed by atoms with van der Waals surface area (Å²) < 4.78 is 12.4. The molecule has 29 heavy (non-hydrogen) atoms. The third-order valence-electron chi connectivity index (χ3n) is 5.47. The monoisotopic (exact) mass is 407 g/mol. The van der Waals surface area contributed by atoms with Crippen LogP contribution in [0.5, 0.6) is 0 Å². The van der Waals surface area contributed by atoms with Gasteiger partial charge in [0, 0.05) is 39.7 Å². The van der Waals surface area contributed by atoms with Crippen molar-refractivity contribution in [2.24, 2.45) is 5.92 Å². The van der Waals surface area contributed by atoms with E-state index in [1.807, 2.05) is 36.5 Å². The minimum Gasteiger partial charge on any atom is -0.444 e. The molecule has 2 aliphatic rings. The van der Waals surface area contributed by atoms with E-state index in [1.54, 1.807) is 12.0 Å². The SMILES string of the molecule is COCc1cn(C2CCN(C(=O)CC3CCN(C(=O)OC(C)(C)C)CC3)C2)nn1. The van der Waals surface area contributed by atoms with E-state index < -0.39 is 5.60 Å². The highest BCUT2D eigenvalue weighted by Crippen LogP contribution is 2.26. The van der Waals surface area contributed by atoms with E-state index in [1.165, 1.54) is 0 Å². The van der Waals surface area contributed by atoms with E-state index in [4.69, 9.17) is 9.47 Å². The second-order valence-corrected chi connectivity index (χ2v) is 9.02. The highest BCUT2D eigenvalue weighted by Gasteiger charge is 2.32. The number of methoxy groups -OCH3 is 1. The molecule has 0 saturated carbocycles. The maximum atomic E-state index is 12.8. The molecule has 0 N–H and O–H groups in total. The number of rotatable bonds is 5. The summed E-state index contributed by atoms with van der Waals surface area (Å²) in [6.07, 6.45) is 4.75. The van der Waals surface area contributed by atoms with Gasteiger partial charge in [-0.25, -0.2) is 9.48 Å². The Bertz CT molecular complexity index is 706. The molecule has 1 aromatic heterocycles. The summed E-state index contributed by atoms with van der Waals surface area (Å²) in [5.74, 6) is 0.514. The third-order valence-corrected chi connectivity index (χ3v) is 5.47. The van der Waals surface area contributed by atoms with Gasteiger partial charge >= 0.3 is 6.09 Å². The van der Waals surface area contributed by atoms with E-state index >= 15 is 0 Å². The van der Waals surface area contributed by atoms with Crippen LogP contribution in [0, 0.1) is 5.92 Å². The molecule has 2 fully saturated rings. The minimum absolute atomic E-state index is 0.172. The first-order chi connectivity index (χ1) is 13.7. The molecule has 2 amide bonds. The summed E-state index contributed by atoms with van der Waals surface area (Å²) >= 11 is 0. The molecule has 0 bridgehead atoms. The lowest BCUT2D eigenvalue weighted by molar-refractivity contribution is -0.131. The van der Waals surface area contributed by atoms with E-state index in [0.29, 0.717) is 38.6 Å². The summed E-state index contributed by atoms with van der Waals surface area (Å²) in [7, 11) is 1.63. The van der Waals surface area contributed by atoms with Gasteiger partial charge in [-0.2, -0.15) is 0 Å². The fraction of sp³-hybridized carbons (Fsp3) is 0.800. The Morgan fingerprint density at radius 3 is 2.48 bits per heavy atom. The first-order valence-electron chi connectivity index (χ1n) is 10.4. The van der Waals surface area contributed by atoms with Crippen LogP contribution >= 0.6 is 0 Å².